The second-order valence-corrected chi connectivity index (χ2v) is 9.01. The average molecular weight is 397 g/mol. The topological polar surface area (TPSA) is 41.6 Å². The first-order chi connectivity index (χ1) is 13.5. The second kappa shape index (κ2) is 8.89. The Morgan fingerprint density at radius 1 is 0.966 bits per heavy atom. The summed E-state index contributed by atoms with van der Waals surface area (Å²) in [5.74, 6) is 0.517. The lowest BCUT2D eigenvalue weighted by molar-refractivity contribution is -0.128. The van der Waals surface area contributed by atoms with Gasteiger partial charge in [0.15, 0.2) is 5.60 Å². The summed E-state index contributed by atoms with van der Waals surface area (Å²) in [6.45, 7) is 18.3. The number of rotatable bonds is 7. The van der Waals surface area contributed by atoms with Gasteiger partial charge in [0.2, 0.25) is 0 Å². The van der Waals surface area contributed by atoms with Crippen LogP contribution in [0.3, 0.4) is 0 Å². The molecule has 29 heavy (non-hydrogen) atoms. The number of aryl methyl sites for hydroxylation is 1. The minimum absolute atomic E-state index is 0.0836. The number of nitrogens with zero attached hydrogens (tertiary/aromatic N) is 1. The van der Waals surface area contributed by atoms with Crippen LogP contribution in [0.5, 0.6) is 5.75 Å². The fourth-order valence-corrected chi connectivity index (χ4v) is 3.21. The van der Waals surface area contributed by atoms with E-state index in [1.54, 1.807) is 13.8 Å². The van der Waals surface area contributed by atoms with E-state index in [-0.39, 0.29) is 11.3 Å². The molecule has 0 saturated carbocycles. The van der Waals surface area contributed by atoms with Crippen LogP contribution in [0.1, 0.15) is 59.6 Å². The molecule has 0 aliphatic heterocycles. The van der Waals surface area contributed by atoms with E-state index in [4.69, 9.17) is 4.74 Å². The summed E-state index contributed by atoms with van der Waals surface area (Å²) in [6.07, 6.45) is 0. The predicted octanol–water partition coefficient (Wildman–Crippen LogP) is 5.93. The fraction of sp³-hybridized carbons (Fsp3) is 0.480. The maximum Gasteiger partial charge on any atom is 0.267 e. The highest BCUT2D eigenvalue weighted by atomic mass is 16.5. The third-order valence-electron chi connectivity index (χ3n) is 5.23. The van der Waals surface area contributed by atoms with Gasteiger partial charge in [0.05, 0.1) is 0 Å². The van der Waals surface area contributed by atoms with Crippen molar-refractivity contribution < 1.29 is 9.53 Å². The van der Waals surface area contributed by atoms with Crippen molar-refractivity contribution in [2.24, 2.45) is 0 Å². The van der Waals surface area contributed by atoms with Gasteiger partial charge < -0.3 is 15.0 Å². The molecule has 0 fully saturated rings. The Hall–Kier alpha value is -2.49. The van der Waals surface area contributed by atoms with E-state index >= 15 is 0 Å². The molecule has 0 aromatic heterocycles. The van der Waals surface area contributed by atoms with Gasteiger partial charge in [-0.25, -0.2) is 0 Å². The van der Waals surface area contributed by atoms with Crippen LogP contribution in [-0.2, 0) is 10.2 Å². The number of nitrogens with one attached hydrogen (secondary N) is 1. The van der Waals surface area contributed by atoms with Crippen molar-refractivity contribution in [3.63, 3.8) is 0 Å². The van der Waals surface area contributed by atoms with Crippen LogP contribution in [0.25, 0.3) is 0 Å². The molecule has 0 saturated heterocycles. The molecule has 2 rings (SSSR count). The lowest BCUT2D eigenvalue weighted by Gasteiger charge is -2.27. The summed E-state index contributed by atoms with van der Waals surface area (Å²) in [5.41, 5.74) is 3.34. The summed E-state index contributed by atoms with van der Waals surface area (Å²) < 4.78 is 6.02. The smallest absolute Gasteiger partial charge is 0.267 e. The Kier molecular flexibility index (Phi) is 6.99. The molecule has 0 aliphatic rings. The molecule has 2 aromatic carbocycles. The number of carbonyl (C=O) groups is 1. The van der Waals surface area contributed by atoms with Crippen molar-refractivity contribution in [2.45, 2.75) is 66.4 Å². The van der Waals surface area contributed by atoms with Crippen LogP contribution in [0, 0.1) is 6.92 Å². The zero-order chi connectivity index (χ0) is 21.8. The average Bonchev–Trinajstić information content (AvgIpc) is 2.64. The Labute approximate surface area is 176 Å². The maximum absolute atomic E-state index is 12.9. The van der Waals surface area contributed by atoms with Crippen molar-refractivity contribution >= 4 is 17.3 Å². The molecular weight excluding hydrogens is 360 g/mol. The van der Waals surface area contributed by atoms with Crippen LogP contribution in [0.15, 0.2) is 42.5 Å². The van der Waals surface area contributed by atoms with Gasteiger partial charge in [0, 0.05) is 24.5 Å². The van der Waals surface area contributed by atoms with Crippen LogP contribution in [0.2, 0.25) is 0 Å². The quantitative estimate of drug-likeness (QED) is 0.630. The van der Waals surface area contributed by atoms with E-state index in [0.717, 1.165) is 24.3 Å². The molecular formula is C25H36N2O2. The first-order valence-corrected chi connectivity index (χ1v) is 10.4. The summed E-state index contributed by atoms with van der Waals surface area (Å²) in [6, 6.07) is 14.1. The summed E-state index contributed by atoms with van der Waals surface area (Å²) in [5, 5.41) is 3.03. The molecule has 0 heterocycles. The number of benzene rings is 2. The molecule has 0 atom stereocenters. The third kappa shape index (κ3) is 5.75. The van der Waals surface area contributed by atoms with Crippen molar-refractivity contribution in [1.29, 1.82) is 0 Å². The van der Waals surface area contributed by atoms with Crippen LogP contribution in [0.4, 0.5) is 11.4 Å². The number of ether oxygens (including phenoxy) is 1. The summed E-state index contributed by atoms with van der Waals surface area (Å²) >= 11 is 0. The van der Waals surface area contributed by atoms with Gasteiger partial charge in [-0.15, -0.1) is 0 Å². The molecule has 4 nitrogen and oxygen atoms in total. The molecule has 1 amide bonds. The van der Waals surface area contributed by atoms with Crippen LogP contribution >= 0.6 is 0 Å². The van der Waals surface area contributed by atoms with E-state index < -0.39 is 5.60 Å². The van der Waals surface area contributed by atoms with Crippen LogP contribution < -0.4 is 15.0 Å². The van der Waals surface area contributed by atoms with Crippen molar-refractivity contribution in [3.05, 3.63) is 53.6 Å². The summed E-state index contributed by atoms with van der Waals surface area (Å²) in [4.78, 5) is 15.2. The van der Waals surface area contributed by atoms with Crippen LogP contribution in [-0.4, -0.2) is 24.6 Å². The van der Waals surface area contributed by atoms with E-state index in [1.165, 1.54) is 11.3 Å². The minimum atomic E-state index is -0.993. The van der Waals surface area contributed by atoms with Gasteiger partial charge in [-0.1, -0.05) is 32.9 Å². The molecule has 4 heteroatoms. The Bertz CT molecular complexity index is 829. The van der Waals surface area contributed by atoms with Gasteiger partial charge in [-0.3, -0.25) is 4.79 Å². The highest BCUT2D eigenvalue weighted by Gasteiger charge is 2.30. The largest absolute Gasteiger partial charge is 0.478 e. The lowest BCUT2D eigenvalue weighted by atomic mass is 9.87. The van der Waals surface area contributed by atoms with Gasteiger partial charge in [0.1, 0.15) is 5.75 Å². The minimum Gasteiger partial charge on any atom is -0.478 e. The maximum atomic E-state index is 12.9. The molecule has 0 bridgehead atoms. The zero-order valence-electron chi connectivity index (χ0n) is 19.2. The highest BCUT2D eigenvalue weighted by molar-refractivity contribution is 5.97. The van der Waals surface area contributed by atoms with E-state index in [0.29, 0.717) is 5.75 Å². The van der Waals surface area contributed by atoms with Gasteiger partial charge in [-0.2, -0.15) is 0 Å². The standard InChI is InChI=1S/C25H36N2O2/c1-9-27(10-2)20-13-16-22(18(3)17-20)26-23(28)25(7,8)29-21-14-11-19(12-15-21)24(4,5)6/h11-17H,9-10H2,1-8H3,(H,26,28). The van der Waals surface area contributed by atoms with Gasteiger partial charge in [-0.05, 0) is 81.5 Å². The van der Waals surface area contributed by atoms with Crippen molar-refractivity contribution in [3.8, 4) is 5.75 Å². The molecule has 0 radical (unpaired) electrons. The van der Waals surface area contributed by atoms with E-state index in [1.807, 2.05) is 25.1 Å². The first-order valence-electron chi connectivity index (χ1n) is 10.4. The number of hydrogen-bond acceptors (Lipinski definition) is 3. The normalized spacial score (nSPS) is 11.9. The second-order valence-electron chi connectivity index (χ2n) is 9.01. The highest BCUT2D eigenvalue weighted by Crippen LogP contribution is 2.27. The molecule has 0 unspecified atom stereocenters. The molecule has 0 spiro atoms. The first kappa shape index (κ1) is 22.8. The number of amides is 1. The van der Waals surface area contributed by atoms with Gasteiger partial charge in [0.25, 0.3) is 5.91 Å². The predicted molar refractivity (Wildman–Crippen MR) is 123 cm³/mol. The van der Waals surface area contributed by atoms with E-state index in [9.17, 15) is 4.79 Å². The number of carbonyl (C=O) groups excluding carboxylic acids is 1. The molecule has 2 aromatic rings. The number of anilines is 2. The Morgan fingerprint density at radius 2 is 1.55 bits per heavy atom. The van der Waals surface area contributed by atoms with Crippen molar-refractivity contribution in [1.82, 2.24) is 0 Å². The molecule has 1 N–H and O–H groups in total. The third-order valence-corrected chi connectivity index (χ3v) is 5.23. The molecule has 0 aliphatic carbocycles. The zero-order valence-corrected chi connectivity index (χ0v) is 19.2. The summed E-state index contributed by atoms with van der Waals surface area (Å²) in [7, 11) is 0. The SMILES string of the molecule is CCN(CC)c1ccc(NC(=O)C(C)(C)Oc2ccc(C(C)(C)C)cc2)c(C)c1. The molecule has 158 valence electrons. The Balaban J connectivity index is 2.11. The number of hydrogen-bond donors (Lipinski definition) is 1. The fourth-order valence-electron chi connectivity index (χ4n) is 3.21. The van der Waals surface area contributed by atoms with E-state index in [2.05, 4.69) is 69.1 Å². The monoisotopic (exact) mass is 396 g/mol. The van der Waals surface area contributed by atoms with Crippen molar-refractivity contribution in [2.75, 3.05) is 23.3 Å². The lowest BCUT2D eigenvalue weighted by Crippen LogP contribution is -2.42. The Morgan fingerprint density at radius 3 is 2.03 bits per heavy atom. The van der Waals surface area contributed by atoms with Gasteiger partial charge >= 0.3 is 0 Å².